The monoisotopic (exact) mass is 644 g/mol. The van der Waals surface area contributed by atoms with Gasteiger partial charge in [-0.05, 0) is 67.2 Å². The molecule has 0 bridgehead atoms. The average Bonchev–Trinajstić information content (AvgIpc) is 3.74. The fourth-order valence-corrected chi connectivity index (χ4v) is 7.25. The Bertz CT molecular complexity index is 1590. The summed E-state index contributed by atoms with van der Waals surface area (Å²) < 4.78 is 12.0. The number of ether oxygens (including phenoxy) is 2. The van der Waals surface area contributed by atoms with Crippen molar-refractivity contribution in [2.75, 3.05) is 0 Å². The van der Waals surface area contributed by atoms with Crippen molar-refractivity contribution in [3.05, 3.63) is 144 Å². The van der Waals surface area contributed by atoms with Gasteiger partial charge in [0.15, 0.2) is 6.10 Å². The summed E-state index contributed by atoms with van der Waals surface area (Å²) in [5, 5.41) is 3.35. The van der Waals surface area contributed by atoms with Crippen molar-refractivity contribution < 1.29 is 23.9 Å². The molecule has 1 saturated carbocycles. The van der Waals surface area contributed by atoms with Crippen LogP contribution in [0.2, 0.25) is 0 Å². The van der Waals surface area contributed by atoms with Crippen LogP contribution in [0.4, 0.5) is 0 Å². The molecule has 0 aromatic heterocycles. The number of carbonyl (C=O) groups excluding carboxylic acids is 3. The number of amides is 1. The molecule has 0 radical (unpaired) electrons. The predicted molar refractivity (Wildman–Crippen MR) is 185 cm³/mol. The summed E-state index contributed by atoms with van der Waals surface area (Å²) in [6.07, 6.45) is 3.94. The fraction of sp³-hybridized carbons (Fsp3) is 0.341. The Kier molecular flexibility index (Phi) is 11.0. The van der Waals surface area contributed by atoms with Gasteiger partial charge in [0.2, 0.25) is 5.91 Å². The number of fused-ring (bicyclic) bond motifs is 1. The molecule has 1 N–H and O–H groups in total. The normalized spacial score (nSPS) is 19.8. The van der Waals surface area contributed by atoms with E-state index in [1.165, 1.54) is 0 Å². The summed E-state index contributed by atoms with van der Waals surface area (Å²) in [5.74, 6) is -0.720. The van der Waals surface area contributed by atoms with Crippen molar-refractivity contribution in [3.8, 4) is 0 Å². The molecule has 1 amide bonds. The van der Waals surface area contributed by atoms with Crippen molar-refractivity contribution in [2.24, 2.45) is 5.92 Å². The standard InChI is InChI=1S/C41H44N2O5/c1-29(39(44)43-36-24-14-23-34(36)27-37(43)41(46)47-28-31-17-8-3-9-18-31)42-35(26-25-30-15-6-2-7-16-30)40(45)48-38(32-19-10-4-11-20-32)33-21-12-5-13-22-33/h2-13,15-22,29,34-38,42H,14,23-28H2,1H3/t29-,34-,35?,36-,37-/m0/s1. The van der Waals surface area contributed by atoms with E-state index < -0.39 is 30.2 Å². The van der Waals surface area contributed by atoms with Gasteiger partial charge in [0.05, 0.1) is 6.04 Å². The third-order valence-electron chi connectivity index (χ3n) is 9.70. The molecular formula is C41H44N2O5. The molecule has 5 atom stereocenters. The summed E-state index contributed by atoms with van der Waals surface area (Å²) in [6, 6.07) is 36.8. The molecule has 1 heterocycles. The molecule has 6 rings (SSSR count). The third-order valence-corrected chi connectivity index (χ3v) is 9.70. The third kappa shape index (κ3) is 8.03. The lowest BCUT2D eigenvalue weighted by Gasteiger charge is -2.33. The smallest absolute Gasteiger partial charge is 0.329 e. The summed E-state index contributed by atoms with van der Waals surface area (Å²) in [6.45, 7) is 1.95. The number of nitrogens with one attached hydrogen (secondary N) is 1. The summed E-state index contributed by atoms with van der Waals surface area (Å²) in [5.41, 5.74) is 3.72. The first kappa shape index (κ1) is 33.2. The van der Waals surface area contributed by atoms with Crippen LogP contribution in [-0.4, -0.2) is 46.9 Å². The van der Waals surface area contributed by atoms with Crippen LogP contribution in [0.3, 0.4) is 0 Å². The lowest BCUT2D eigenvalue weighted by molar-refractivity contribution is -0.157. The number of benzene rings is 4. The van der Waals surface area contributed by atoms with E-state index in [1.54, 1.807) is 11.8 Å². The van der Waals surface area contributed by atoms with Crippen molar-refractivity contribution in [3.63, 3.8) is 0 Å². The van der Waals surface area contributed by atoms with Crippen LogP contribution in [-0.2, 0) is 36.9 Å². The molecule has 4 aromatic rings. The zero-order valence-corrected chi connectivity index (χ0v) is 27.4. The molecule has 0 spiro atoms. The molecule has 2 fully saturated rings. The Balaban J connectivity index is 1.20. The largest absolute Gasteiger partial charge is 0.459 e. The zero-order valence-electron chi connectivity index (χ0n) is 27.4. The van der Waals surface area contributed by atoms with Crippen molar-refractivity contribution in [1.29, 1.82) is 0 Å². The van der Waals surface area contributed by atoms with Crippen LogP contribution >= 0.6 is 0 Å². The van der Waals surface area contributed by atoms with Crippen LogP contribution in [0, 0.1) is 5.92 Å². The van der Waals surface area contributed by atoms with Gasteiger partial charge in [0.25, 0.3) is 0 Å². The van der Waals surface area contributed by atoms with Crippen molar-refractivity contribution >= 4 is 17.8 Å². The first-order valence-corrected chi connectivity index (χ1v) is 17.1. The lowest BCUT2D eigenvalue weighted by atomic mass is 10.0. The van der Waals surface area contributed by atoms with Crippen LogP contribution in [0.5, 0.6) is 0 Å². The van der Waals surface area contributed by atoms with Gasteiger partial charge in [-0.3, -0.25) is 14.9 Å². The van der Waals surface area contributed by atoms with Crippen LogP contribution in [0.1, 0.15) is 67.4 Å². The number of hydrogen-bond acceptors (Lipinski definition) is 6. The molecule has 7 nitrogen and oxygen atoms in total. The van der Waals surface area contributed by atoms with Gasteiger partial charge in [0, 0.05) is 6.04 Å². The first-order valence-electron chi connectivity index (χ1n) is 17.1. The molecule has 1 aliphatic heterocycles. The maximum absolute atomic E-state index is 14.3. The second-order valence-corrected chi connectivity index (χ2v) is 13.0. The van der Waals surface area contributed by atoms with E-state index in [2.05, 4.69) is 5.32 Å². The molecule has 1 saturated heterocycles. The van der Waals surface area contributed by atoms with Gasteiger partial charge in [-0.25, -0.2) is 4.79 Å². The van der Waals surface area contributed by atoms with E-state index in [0.29, 0.717) is 19.3 Å². The van der Waals surface area contributed by atoms with Gasteiger partial charge in [-0.1, -0.05) is 128 Å². The molecule has 2 aliphatic rings. The van der Waals surface area contributed by atoms with E-state index >= 15 is 0 Å². The molecular weight excluding hydrogens is 600 g/mol. The first-order chi connectivity index (χ1) is 23.5. The highest BCUT2D eigenvalue weighted by Gasteiger charge is 2.50. The zero-order chi connectivity index (χ0) is 33.3. The summed E-state index contributed by atoms with van der Waals surface area (Å²) in [7, 11) is 0. The number of likely N-dealkylation sites (tertiary alicyclic amines) is 1. The Morgan fingerprint density at radius 3 is 1.94 bits per heavy atom. The SMILES string of the molecule is C[C@H](NC(CCc1ccccc1)C(=O)OC(c1ccccc1)c1ccccc1)C(=O)N1[C@H](C(=O)OCc2ccccc2)C[C@@H]2CCC[C@@H]21. The number of rotatable bonds is 13. The van der Waals surface area contributed by atoms with Crippen molar-refractivity contribution in [1.82, 2.24) is 10.2 Å². The minimum atomic E-state index is -0.760. The Hall–Kier alpha value is -4.75. The highest BCUT2D eigenvalue weighted by atomic mass is 16.5. The van der Waals surface area contributed by atoms with E-state index in [4.69, 9.17) is 9.47 Å². The molecule has 48 heavy (non-hydrogen) atoms. The number of esters is 2. The quantitative estimate of drug-likeness (QED) is 0.161. The number of hydrogen-bond donors (Lipinski definition) is 1. The van der Waals surface area contributed by atoms with Crippen molar-refractivity contribution in [2.45, 2.75) is 82.3 Å². The average molecular weight is 645 g/mol. The Morgan fingerprint density at radius 2 is 1.33 bits per heavy atom. The van der Waals surface area contributed by atoms with Crippen LogP contribution in [0.15, 0.2) is 121 Å². The summed E-state index contributed by atoms with van der Waals surface area (Å²) in [4.78, 5) is 43.6. The van der Waals surface area contributed by atoms with Gasteiger partial charge >= 0.3 is 11.9 Å². The fourth-order valence-electron chi connectivity index (χ4n) is 7.25. The Morgan fingerprint density at radius 1 is 0.771 bits per heavy atom. The maximum Gasteiger partial charge on any atom is 0.329 e. The van der Waals surface area contributed by atoms with E-state index in [1.807, 2.05) is 121 Å². The van der Waals surface area contributed by atoms with Crippen LogP contribution < -0.4 is 5.32 Å². The van der Waals surface area contributed by atoms with E-state index in [0.717, 1.165) is 41.5 Å². The predicted octanol–water partition coefficient (Wildman–Crippen LogP) is 6.81. The summed E-state index contributed by atoms with van der Waals surface area (Å²) >= 11 is 0. The highest BCUT2D eigenvalue weighted by Crippen LogP contribution is 2.42. The molecule has 248 valence electrons. The minimum absolute atomic E-state index is 0.00807. The van der Waals surface area contributed by atoms with E-state index in [9.17, 15) is 14.4 Å². The van der Waals surface area contributed by atoms with Gasteiger partial charge in [0.1, 0.15) is 18.7 Å². The van der Waals surface area contributed by atoms with Gasteiger partial charge in [-0.2, -0.15) is 0 Å². The van der Waals surface area contributed by atoms with Crippen LogP contribution in [0.25, 0.3) is 0 Å². The second kappa shape index (κ2) is 15.9. The molecule has 1 aliphatic carbocycles. The second-order valence-electron chi connectivity index (χ2n) is 13.0. The molecule has 7 heteroatoms. The van der Waals surface area contributed by atoms with E-state index in [-0.39, 0.29) is 30.4 Å². The minimum Gasteiger partial charge on any atom is -0.459 e. The van der Waals surface area contributed by atoms with Gasteiger partial charge in [-0.15, -0.1) is 0 Å². The molecule has 1 unspecified atom stereocenters. The van der Waals surface area contributed by atoms with Gasteiger partial charge < -0.3 is 14.4 Å². The number of nitrogens with zero attached hydrogens (tertiary/aromatic N) is 1. The molecule has 4 aromatic carbocycles. The maximum atomic E-state index is 14.3. The topological polar surface area (TPSA) is 84.9 Å². The Labute approximate surface area is 283 Å². The number of carbonyl (C=O) groups is 3. The number of aryl methyl sites for hydroxylation is 1. The highest BCUT2D eigenvalue weighted by molar-refractivity contribution is 5.89. The lowest BCUT2D eigenvalue weighted by Crippen LogP contribution is -2.55.